The molecule has 0 unspecified atom stereocenters. The molecule has 27 heavy (non-hydrogen) atoms. The second-order valence-corrected chi connectivity index (χ2v) is 8.73. The lowest BCUT2D eigenvalue weighted by molar-refractivity contribution is -0.153. The first-order valence-corrected chi connectivity index (χ1v) is 11.2. The molecule has 0 spiro atoms. The van der Waals surface area contributed by atoms with Gasteiger partial charge in [-0.1, -0.05) is 6.92 Å². The molecule has 0 bridgehead atoms. The molecule has 0 fully saturated rings. The predicted octanol–water partition coefficient (Wildman–Crippen LogP) is 1.00. The second kappa shape index (κ2) is 13.7. The van der Waals surface area contributed by atoms with E-state index < -0.39 is 15.4 Å². The molecule has 0 saturated heterocycles. The largest absolute Gasteiger partial charge is 0.463 e. The summed E-state index contributed by atoms with van der Waals surface area (Å²) in [4.78, 5) is 23.3. The van der Waals surface area contributed by atoms with Crippen molar-refractivity contribution in [2.24, 2.45) is 5.41 Å². The summed E-state index contributed by atoms with van der Waals surface area (Å²) in [6, 6.07) is -0.312. The molecule has 3 N–H and O–H groups in total. The Kier molecular flexibility index (Phi) is 13.0. The van der Waals surface area contributed by atoms with E-state index in [4.69, 9.17) is 9.47 Å². The summed E-state index contributed by atoms with van der Waals surface area (Å²) >= 11 is 0. The monoisotopic (exact) mass is 409 g/mol. The molecular formula is C17H35N3O6S. The number of esters is 1. The van der Waals surface area contributed by atoms with Gasteiger partial charge in [-0.05, 0) is 39.5 Å². The van der Waals surface area contributed by atoms with Gasteiger partial charge in [-0.2, -0.15) is 0 Å². The van der Waals surface area contributed by atoms with Crippen LogP contribution in [0.25, 0.3) is 0 Å². The highest BCUT2D eigenvalue weighted by Crippen LogP contribution is 2.21. The smallest absolute Gasteiger partial charge is 0.314 e. The van der Waals surface area contributed by atoms with Crippen LogP contribution in [0.15, 0.2) is 0 Å². The van der Waals surface area contributed by atoms with Gasteiger partial charge in [0.25, 0.3) is 0 Å². The highest BCUT2D eigenvalue weighted by Gasteiger charge is 2.26. The van der Waals surface area contributed by atoms with Crippen LogP contribution >= 0.6 is 0 Å². The van der Waals surface area contributed by atoms with E-state index in [1.54, 1.807) is 0 Å². The minimum atomic E-state index is -3.12. The summed E-state index contributed by atoms with van der Waals surface area (Å²) in [6.07, 6.45) is 3.98. The number of hydrogen-bond acceptors (Lipinski definition) is 6. The van der Waals surface area contributed by atoms with Crippen LogP contribution in [0.2, 0.25) is 0 Å². The Balaban J connectivity index is 3.46. The van der Waals surface area contributed by atoms with Gasteiger partial charge >= 0.3 is 12.0 Å². The fraction of sp³-hybridized carbons (Fsp3) is 0.882. The lowest BCUT2D eigenvalue weighted by atomic mass is 9.91. The fourth-order valence-corrected chi connectivity index (χ4v) is 2.29. The maximum atomic E-state index is 11.7. The molecule has 2 amide bonds. The zero-order valence-corrected chi connectivity index (χ0v) is 17.7. The third-order valence-electron chi connectivity index (χ3n) is 3.89. The van der Waals surface area contributed by atoms with Crippen LogP contribution in [-0.4, -0.2) is 66.1 Å². The Morgan fingerprint density at radius 3 is 2.19 bits per heavy atom. The third-order valence-corrected chi connectivity index (χ3v) is 4.62. The summed E-state index contributed by atoms with van der Waals surface area (Å²) in [5.41, 5.74) is -0.507. The molecule has 0 radical (unpaired) electrons. The Bertz CT molecular complexity index is 537. The Morgan fingerprint density at radius 2 is 1.56 bits per heavy atom. The zero-order chi connectivity index (χ0) is 20.8. The van der Waals surface area contributed by atoms with Gasteiger partial charge in [0.15, 0.2) is 0 Å². The standard InChI is InChI=1S/C17H35N3O6S/c1-5-17(2,3)15(21)26-14-11-19-16(22)18-9-8-13-25-12-7-6-10-20-27(4,23)24/h20H,5-14H2,1-4H3,(H2,18,19,22). The third kappa shape index (κ3) is 15.4. The number of urea groups is 1. The van der Waals surface area contributed by atoms with E-state index >= 15 is 0 Å². The summed E-state index contributed by atoms with van der Waals surface area (Å²) in [5, 5.41) is 5.31. The molecule has 0 aromatic heterocycles. The first-order chi connectivity index (χ1) is 12.6. The minimum Gasteiger partial charge on any atom is -0.463 e. The van der Waals surface area contributed by atoms with Crippen LogP contribution in [0, 0.1) is 5.41 Å². The number of amides is 2. The molecular weight excluding hydrogens is 374 g/mol. The number of carbonyl (C=O) groups excluding carboxylic acids is 2. The molecule has 0 aliphatic heterocycles. The molecule has 0 aliphatic carbocycles. The van der Waals surface area contributed by atoms with Gasteiger partial charge < -0.3 is 20.1 Å². The van der Waals surface area contributed by atoms with Crippen LogP contribution in [0.1, 0.15) is 46.5 Å². The molecule has 0 aromatic rings. The minimum absolute atomic E-state index is 0.146. The van der Waals surface area contributed by atoms with Crippen LogP contribution in [0.5, 0.6) is 0 Å². The van der Waals surface area contributed by atoms with Gasteiger partial charge in [0.1, 0.15) is 6.61 Å². The normalized spacial score (nSPS) is 11.9. The highest BCUT2D eigenvalue weighted by molar-refractivity contribution is 7.88. The second-order valence-electron chi connectivity index (χ2n) is 6.90. The van der Waals surface area contributed by atoms with Gasteiger partial charge in [-0.25, -0.2) is 17.9 Å². The van der Waals surface area contributed by atoms with Crippen LogP contribution in [0.3, 0.4) is 0 Å². The van der Waals surface area contributed by atoms with E-state index in [1.807, 2.05) is 20.8 Å². The van der Waals surface area contributed by atoms with Crippen molar-refractivity contribution in [1.82, 2.24) is 15.4 Å². The van der Waals surface area contributed by atoms with Crippen LogP contribution in [-0.2, 0) is 24.3 Å². The molecule has 0 rings (SSSR count). The maximum absolute atomic E-state index is 11.7. The Labute approximate surface area is 163 Å². The summed E-state index contributed by atoms with van der Waals surface area (Å²) in [7, 11) is -3.12. The quantitative estimate of drug-likeness (QED) is 0.274. The van der Waals surface area contributed by atoms with E-state index in [0.717, 1.165) is 12.7 Å². The van der Waals surface area contributed by atoms with Gasteiger partial charge in [-0.3, -0.25) is 4.79 Å². The number of carbonyl (C=O) groups is 2. The lowest BCUT2D eigenvalue weighted by Gasteiger charge is -2.20. The molecule has 10 heteroatoms. The molecule has 0 aromatic carbocycles. The van der Waals surface area contributed by atoms with Crippen molar-refractivity contribution in [2.45, 2.75) is 46.5 Å². The average Bonchev–Trinajstić information content (AvgIpc) is 2.59. The summed E-state index contributed by atoms with van der Waals surface area (Å²) in [5.74, 6) is -0.267. The predicted molar refractivity (Wildman–Crippen MR) is 104 cm³/mol. The first kappa shape index (κ1) is 25.6. The number of unbranched alkanes of at least 4 members (excludes halogenated alkanes) is 1. The van der Waals surface area contributed by atoms with E-state index in [0.29, 0.717) is 45.6 Å². The van der Waals surface area contributed by atoms with Gasteiger partial charge in [-0.15, -0.1) is 0 Å². The van der Waals surface area contributed by atoms with Crippen molar-refractivity contribution in [1.29, 1.82) is 0 Å². The number of ether oxygens (including phenoxy) is 2. The van der Waals surface area contributed by atoms with Crippen molar-refractivity contribution in [3.05, 3.63) is 0 Å². The number of sulfonamides is 1. The molecule has 160 valence electrons. The van der Waals surface area contributed by atoms with E-state index in [-0.39, 0.29) is 25.2 Å². The lowest BCUT2D eigenvalue weighted by Crippen LogP contribution is -2.38. The van der Waals surface area contributed by atoms with Gasteiger partial charge in [0, 0.05) is 26.3 Å². The number of hydrogen-bond donors (Lipinski definition) is 3. The SMILES string of the molecule is CCC(C)(C)C(=O)OCCNC(=O)NCCCOCCCCNS(C)(=O)=O. The summed E-state index contributed by atoms with van der Waals surface area (Å²) in [6.45, 7) is 7.93. The summed E-state index contributed by atoms with van der Waals surface area (Å²) < 4.78 is 34.7. The molecule has 0 aliphatic rings. The Morgan fingerprint density at radius 1 is 0.926 bits per heavy atom. The fourth-order valence-electron chi connectivity index (χ4n) is 1.78. The van der Waals surface area contributed by atoms with Crippen LogP contribution < -0.4 is 15.4 Å². The van der Waals surface area contributed by atoms with Gasteiger partial charge in [0.05, 0.1) is 18.2 Å². The van der Waals surface area contributed by atoms with E-state index in [9.17, 15) is 18.0 Å². The van der Waals surface area contributed by atoms with E-state index in [1.165, 1.54) is 0 Å². The van der Waals surface area contributed by atoms with Crippen molar-refractivity contribution < 1.29 is 27.5 Å². The zero-order valence-electron chi connectivity index (χ0n) is 16.9. The van der Waals surface area contributed by atoms with Crippen LogP contribution in [0.4, 0.5) is 4.79 Å². The van der Waals surface area contributed by atoms with Crippen molar-refractivity contribution in [2.75, 3.05) is 45.7 Å². The van der Waals surface area contributed by atoms with Crippen molar-refractivity contribution in [3.63, 3.8) is 0 Å². The number of nitrogens with one attached hydrogen (secondary N) is 3. The van der Waals surface area contributed by atoms with E-state index in [2.05, 4.69) is 15.4 Å². The van der Waals surface area contributed by atoms with Crippen molar-refractivity contribution in [3.8, 4) is 0 Å². The highest BCUT2D eigenvalue weighted by atomic mass is 32.2. The first-order valence-electron chi connectivity index (χ1n) is 9.30. The number of rotatable bonds is 15. The topological polar surface area (TPSA) is 123 Å². The molecule has 0 saturated carbocycles. The molecule has 0 heterocycles. The maximum Gasteiger partial charge on any atom is 0.314 e. The van der Waals surface area contributed by atoms with Gasteiger partial charge in [0.2, 0.25) is 10.0 Å². The van der Waals surface area contributed by atoms with Crippen molar-refractivity contribution >= 4 is 22.0 Å². The molecule has 9 nitrogen and oxygen atoms in total. The Hall–Kier alpha value is -1.39. The molecule has 0 atom stereocenters. The average molecular weight is 410 g/mol.